The summed E-state index contributed by atoms with van der Waals surface area (Å²) in [4.78, 5) is 2.40. The first-order valence-corrected chi connectivity index (χ1v) is 18.8. The average Bonchev–Trinajstić information content (AvgIpc) is 3.60. The second kappa shape index (κ2) is 13.7. The first-order valence-electron chi connectivity index (χ1n) is 18.8. The predicted octanol–water partition coefficient (Wildman–Crippen LogP) is 15.2. The third kappa shape index (κ3) is 5.95. The molecule has 9 aromatic carbocycles. The quantitative estimate of drug-likeness (QED) is 0.154. The van der Waals surface area contributed by atoms with Crippen molar-refractivity contribution in [2.24, 2.45) is 0 Å². The number of nitrogens with zero attached hydrogens (tertiary/aromatic N) is 1. The molecule has 10 aromatic rings. The Labute approximate surface area is 321 Å². The number of hydrogen-bond donors (Lipinski definition) is 0. The van der Waals surface area contributed by atoms with Gasteiger partial charge in [0.1, 0.15) is 11.3 Å². The Bertz CT molecular complexity index is 2960. The molecule has 260 valence electrons. The summed E-state index contributed by atoms with van der Waals surface area (Å²) in [5.41, 5.74) is 13.6. The minimum absolute atomic E-state index is 0.917. The number of furan rings is 1. The van der Waals surface area contributed by atoms with E-state index in [-0.39, 0.29) is 0 Å². The predicted molar refractivity (Wildman–Crippen MR) is 232 cm³/mol. The molecule has 0 unspecified atom stereocenters. The number of hydrogen-bond acceptors (Lipinski definition) is 2. The highest BCUT2D eigenvalue weighted by atomic mass is 16.3. The van der Waals surface area contributed by atoms with Gasteiger partial charge in [-0.05, 0) is 98.9 Å². The van der Waals surface area contributed by atoms with Crippen molar-refractivity contribution < 1.29 is 4.42 Å². The molecular formula is C53H37NO. The van der Waals surface area contributed by atoms with Gasteiger partial charge in [-0.25, -0.2) is 0 Å². The fourth-order valence-corrected chi connectivity index (χ4v) is 8.03. The van der Waals surface area contributed by atoms with Crippen LogP contribution in [0.1, 0.15) is 5.56 Å². The molecule has 2 heteroatoms. The highest BCUT2D eigenvalue weighted by molar-refractivity contribution is 6.14. The van der Waals surface area contributed by atoms with Crippen LogP contribution in [-0.4, -0.2) is 0 Å². The van der Waals surface area contributed by atoms with E-state index in [1.165, 1.54) is 43.8 Å². The van der Waals surface area contributed by atoms with Crippen LogP contribution >= 0.6 is 0 Å². The van der Waals surface area contributed by atoms with Gasteiger partial charge in [-0.2, -0.15) is 0 Å². The number of aryl methyl sites for hydroxylation is 1. The standard InChI is InChI=1S/C53H37NO/c1-36-47-17-9-10-21-52(47)55-53(36)44-16-11-15-42(34-44)41-28-32-46(33-29-41)54(51-35-43-14-5-6-18-48(43)49-19-7-8-20-50(49)51)45-30-26-40(27-31-45)39-24-22-38(23-25-39)37-12-3-2-4-13-37/h2-35H,1H3. The minimum Gasteiger partial charge on any atom is -0.456 e. The van der Waals surface area contributed by atoms with E-state index in [1.54, 1.807) is 0 Å². The Morgan fingerprint density at radius 2 is 0.818 bits per heavy atom. The molecule has 0 aliphatic rings. The Morgan fingerprint density at radius 3 is 1.47 bits per heavy atom. The van der Waals surface area contributed by atoms with Crippen LogP contribution in [0.2, 0.25) is 0 Å². The molecule has 1 heterocycles. The monoisotopic (exact) mass is 703 g/mol. The van der Waals surface area contributed by atoms with E-state index in [2.05, 4.69) is 206 Å². The van der Waals surface area contributed by atoms with Crippen LogP contribution in [0.5, 0.6) is 0 Å². The van der Waals surface area contributed by atoms with Crippen LogP contribution in [0, 0.1) is 6.92 Å². The van der Waals surface area contributed by atoms with Gasteiger partial charge < -0.3 is 9.32 Å². The lowest BCUT2D eigenvalue weighted by Crippen LogP contribution is -2.10. The van der Waals surface area contributed by atoms with Crippen molar-refractivity contribution in [2.45, 2.75) is 6.92 Å². The van der Waals surface area contributed by atoms with Gasteiger partial charge in [0.2, 0.25) is 0 Å². The molecule has 0 saturated heterocycles. The second-order valence-corrected chi connectivity index (χ2v) is 14.2. The molecule has 0 radical (unpaired) electrons. The first-order chi connectivity index (χ1) is 27.2. The normalized spacial score (nSPS) is 11.4. The van der Waals surface area contributed by atoms with Crippen molar-refractivity contribution >= 4 is 49.6 Å². The third-order valence-electron chi connectivity index (χ3n) is 10.9. The number of benzene rings is 9. The van der Waals surface area contributed by atoms with Gasteiger partial charge >= 0.3 is 0 Å². The molecule has 0 aliphatic heterocycles. The van der Waals surface area contributed by atoms with Crippen molar-refractivity contribution in [1.29, 1.82) is 0 Å². The van der Waals surface area contributed by atoms with E-state index < -0.39 is 0 Å². The van der Waals surface area contributed by atoms with Crippen molar-refractivity contribution in [1.82, 2.24) is 0 Å². The highest BCUT2D eigenvalue weighted by Crippen LogP contribution is 2.43. The Balaban J connectivity index is 1.05. The van der Waals surface area contributed by atoms with Crippen LogP contribution in [0.4, 0.5) is 17.1 Å². The number of fused-ring (bicyclic) bond motifs is 4. The Hall–Kier alpha value is -7.16. The van der Waals surface area contributed by atoms with Crippen LogP contribution in [0.3, 0.4) is 0 Å². The van der Waals surface area contributed by atoms with E-state index in [4.69, 9.17) is 4.42 Å². The number of rotatable bonds is 7. The SMILES string of the molecule is Cc1c(-c2cccc(-c3ccc(N(c4ccc(-c5ccc(-c6ccccc6)cc5)cc4)c4cc5ccccc5c5ccccc45)cc3)c2)oc2ccccc12. The van der Waals surface area contributed by atoms with Gasteiger partial charge in [-0.1, -0.05) is 164 Å². The highest BCUT2D eigenvalue weighted by Gasteiger charge is 2.18. The summed E-state index contributed by atoms with van der Waals surface area (Å²) in [6.07, 6.45) is 0. The topological polar surface area (TPSA) is 16.4 Å². The molecule has 1 aromatic heterocycles. The maximum Gasteiger partial charge on any atom is 0.138 e. The molecule has 0 fully saturated rings. The number of para-hydroxylation sites is 1. The van der Waals surface area contributed by atoms with Gasteiger partial charge in [-0.15, -0.1) is 0 Å². The van der Waals surface area contributed by atoms with E-state index >= 15 is 0 Å². The fraction of sp³-hybridized carbons (Fsp3) is 0.0189. The average molecular weight is 704 g/mol. The summed E-state index contributed by atoms with van der Waals surface area (Å²) in [5, 5.41) is 6.07. The zero-order valence-corrected chi connectivity index (χ0v) is 30.5. The van der Waals surface area contributed by atoms with E-state index in [9.17, 15) is 0 Å². The van der Waals surface area contributed by atoms with Crippen molar-refractivity contribution in [2.75, 3.05) is 4.90 Å². The third-order valence-corrected chi connectivity index (χ3v) is 10.9. The maximum absolute atomic E-state index is 6.34. The summed E-state index contributed by atoms with van der Waals surface area (Å²) < 4.78 is 6.34. The smallest absolute Gasteiger partial charge is 0.138 e. The molecule has 0 aliphatic carbocycles. The van der Waals surface area contributed by atoms with Crippen molar-refractivity contribution in [3.05, 3.63) is 212 Å². The molecule has 0 atom stereocenters. The molecule has 2 nitrogen and oxygen atoms in total. The molecular weight excluding hydrogens is 667 g/mol. The van der Waals surface area contributed by atoms with Gasteiger partial charge in [-0.3, -0.25) is 0 Å². The molecule has 0 N–H and O–H groups in total. The van der Waals surface area contributed by atoms with Crippen molar-refractivity contribution in [3.8, 4) is 44.7 Å². The second-order valence-electron chi connectivity index (χ2n) is 14.2. The molecule has 10 rings (SSSR count). The molecule has 0 saturated carbocycles. The molecule has 55 heavy (non-hydrogen) atoms. The Morgan fingerprint density at radius 1 is 0.345 bits per heavy atom. The van der Waals surface area contributed by atoms with Gasteiger partial charge in [0.05, 0.1) is 5.69 Å². The Kier molecular flexibility index (Phi) is 8.08. The number of anilines is 3. The summed E-state index contributed by atoms with van der Waals surface area (Å²) in [6.45, 7) is 2.14. The maximum atomic E-state index is 6.34. The summed E-state index contributed by atoms with van der Waals surface area (Å²) >= 11 is 0. The van der Waals surface area contributed by atoms with E-state index in [0.717, 1.165) is 56.0 Å². The van der Waals surface area contributed by atoms with Crippen LogP contribution in [0.25, 0.3) is 77.2 Å². The summed E-state index contributed by atoms with van der Waals surface area (Å²) in [5.74, 6) is 0.921. The van der Waals surface area contributed by atoms with Crippen LogP contribution in [-0.2, 0) is 0 Å². The minimum atomic E-state index is 0.917. The van der Waals surface area contributed by atoms with E-state index in [1.807, 2.05) is 12.1 Å². The van der Waals surface area contributed by atoms with E-state index in [0.29, 0.717) is 0 Å². The molecule has 0 bridgehead atoms. The molecule has 0 amide bonds. The van der Waals surface area contributed by atoms with Gasteiger partial charge in [0, 0.05) is 33.3 Å². The van der Waals surface area contributed by atoms with Gasteiger partial charge in [0.25, 0.3) is 0 Å². The van der Waals surface area contributed by atoms with Crippen LogP contribution < -0.4 is 4.90 Å². The largest absolute Gasteiger partial charge is 0.456 e. The first kappa shape index (κ1) is 32.5. The van der Waals surface area contributed by atoms with Crippen molar-refractivity contribution in [3.63, 3.8) is 0 Å². The fourth-order valence-electron chi connectivity index (χ4n) is 8.03. The lowest BCUT2D eigenvalue weighted by atomic mass is 9.97. The lowest BCUT2D eigenvalue weighted by Gasteiger charge is -2.28. The zero-order valence-electron chi connectivity index (χ0n) is 30.5. The van der Waals surface area contributed by atoms with Gasteiger partial charge in [0.15, 0.2) is 0 Å². The molecule has 0 spiro atoms. The summed E-state index contributed by atoms with van der Waals surface area (Å²) in [7, 11) is 0. The lowest BCUT2D eigenvalue weighted by molar-refractivity contribution is 0.629. The summed E-state index contributed by atoms with van der Waals surface area (Å²) in [6, 6.07) is 74.0. The van der Waals surface area contributed by atoms with Crippen LogP contribution in [0.15, 0.2) is 211 Å². The zero-order chi connectivity index (χ0) is 36.7.